The molecule has 0 spiro atoms. The zero-order chi connectivity index (χ0) is 32.4. The van der Waals surface area contributed by atoms with Gasteiger partial charge in [-0.25, -0.2) is 18.6 Å². The predicted octanol–water partition coefficient (Wildman–Crippen LogP) is 5.53. The Kier molecular flexibility index (Phi) is 9.32. The molecule has 46 heavy (non-hydrogen) atoms. The van der Waals surface area contributed by atoms with Crippen LogP contribution in [0.25, 0.3) is 0 Å². The minimum atomic E-state index is -0.674. The maximum Gasteiger partial charge on any atom is 0.314 e. The number of nitrogens with one attached hydrogen (secondary N) is 2. The number of urea groups is 1. The van der Waals surface area contributed by atoms with Gasteiger partial charge in [0.15, 0.2) is 11.6 Å². The van der Waals surface area contributed by atoms with Gasteiger partial charge in [-0.1, -0.05) is 36.8 Å². The van der Waals surface area contributed by atoms with E-state index < -0.39 is 11.6 Å². The summed E-state index contributed by atoms with van der Waals surface area (Å²) in [5.41, 5.74) is 2.11. The average molecular weight is 630 g/mol. The number of likely N-dealkylation sites (tertiary alicyclic amines) is 1. The summed E-state index contributed by atoms with van der Waals surface area (Å²) < 4.78 is 31.5. The van der Waals surface area contributed by atoms with Crippen LogP contribution in [0.2, 0.25) is 0 Å². The number of hydrogen-bond donors (Lipinski definition) is 2. The number of rotatable bonds is 9. The third kappa shape index (κ3) is 6.22. The molecule has 8 nitrogen and oxygen atoms in total. The minimum absolute atomic E-state index is 0.00283. The fourth-order valence-corrected chi connectivity index (χ4v) is 8.73. The highest BCUT2D eigenvalue weighted by atomic mass is 19.1. The van der Waals surface area contributed by atoms with E-state index in [4.69, 9.17) is 10.2 Å². The van der Waals surface area contributed by atoms with Crippen LogP contribution in [0, 0.1) is 54.6 Å². The molecule has 2 amide bonds. The van der Waals surface area contributed by atoms with E-state index >= 15 is 0 Å². The second-order valence-electron chi connectivity index (χ2n) is 13.6. The number of anilines is 1. The lowest BCUT2D eigenvalue weighted by molar-refractivity contribution is 0.0562. The van der Waals surface area contributed by atoms with Gasteiger partial charge in [0.1, 0.15) is 11.5 Å². The van der Waals surface area contributed by atoms with Crippen LogP contribution in [0.3, 0.4) is 0 Å². The van der Waals surface area contributed by atoms with E-state index in [0.717, 1.165) is 81.9 Å². The van der Waals surface area contributed by atoms with Gasteiger partial charge in [-0.3, -0.25) is 0 Å². The van der Waals surface area contributed by atoms with Crippen LogP contribution in [0.1, 0.15) is 54.7 Å². The summed E-state index contributed by atoms with van der Waals surface area (Å²) in [6, 6.07) is 14.9. The molecular formula is C36H45F2N7O. The molecule has 0 bridgehead atoms. The molecule has 244 valence electrons. The van der Waals surface area contributed by atoms with Crippen molar-refractivity contribution < 1.29 is 13.6 Å². The van der Waals surface area contributed by atoms with E-state index in [9.17, 15) is 13.6 Å². The highest BCUT2D eigenvalue weighted by molar-refractivity contribution is 5.74. The van der Waals surface area contributed by atoms with Crippen LogP contribution in [-0.4, -0.2) is 66.3 Å². The van der Waals surface area contributed by atoms with E-state index in [1.807, 2.05) is 13.0 Å². The maximum atomic E-state index is 14.6. The fraction of sp³-hybridized carbons (Fsp3) is 0.528. The Hall–Kier alpha value is -3.97. The summed E-state index contributed by atoms with van der Waals surface area (Å²) in [5, 5.41) is 15.1. The van der Waals surface area contributed by atoms with Gasteiger partial charge in [0.25, 0.3) is 0 Å². The molecule has 1 aliphatic carbocycles. The summed E-state index contributed by atoms with van der Waals surface area (Å²) in [6.45, 7) is 8.94. The first-order valence-corrected chi connectivity index (χ1v) is 16.6. The monoisotopic (exact) mass is 629 g/mol. The molecule has 0 radical (unpaired) electrons. The quantitative estimate of drug-likeness (QED) is 0.325. The summed E-state index contributed by atoms with van der Waals surface area (Å²) >= 11 is 0. The molecule has 3 fully saturated rings. The molecule has 0 unspecified atom stereocenters. The Morgan fingerprint density at radius 2 is 1.76 bits per heavy atom. The van der Waals surface area contributed by atoms with Crippen molar-refractivity contribution in [3.8, 4) is 6.07 Å². The normalized spacial score (nSPS) is 22.2. The number of nitriles is 1. The molecule has 3 aromatic rings. The van der Waals surface area contributed by atoms with Crippen molar-refractivity contribution in [2.45, 2.75) is 64.0 Å². The topological polar surface area (TPSA) is 89.2 Å². The Morgan fingerprint density at radius 3 is 2.37 bits per heavy atom. The zero-order valence-electron chi connectivity index (χ0n) is 27.1. The smallest absolute Gasteiger partial charge is 0.314 e. The number of halogens is 2. The van der Waals surface area contributed by atoms with E-state index in [-0.39, 0.29) is 34.7 Å². The summed E-state index contributed by atoms with van der Waals surface area (Å²) in [6.07, 6.45) is 7.32. The molecule has 3 atom stereocenters. The van der Waals surface area contributed by atoms with Crippen LogP contribution in [-0.2, 0) is 12.0 Å². The van der Waals surface area contributed by atoms with Gasteiger partial charge in [-0.15, -0.1) is 0 Å². The average Bonchev–Trinajstić information content (AvgIpc) is 3.63. The standard InChI is InChI=1S/C36H45F2N7O/c1-24-19-45(25(2)41-24)23-36(28-8-5-4-6-9-28,30-10-7-11-33(30)42-35(46)40-3)29-12-14-43(15-13-29)20-27-21-44(22-27)34-31(37)16-26(18-39)17-32(34)38/h4-6,8-9,16-17,19,27,29-30,33H,7,10-15,20-23H2,1-3H3,(H2,40,42,46)/t30-,33-,36+/m0/s1. The molecule has 10 heteroatoms. The molecule has 2 N–H and O–H groups in total. The van der Waals surface area contributed by atoms with Gasteiger partial charge in [0.05, 0.1) is 17.3 Å². The zero-order valence-corrected chi connectivity index (χ0v) is 27.1. The summed E-state index contributed by atoms with van der Waals surface area (Å²) in [7, 11) is 1.68. The van der Waals surface area contributed by atoms with Crippen LogP contribution >= 0.6 is 0 Å². The van der Waals surface area contributed by atoms with Crippen molar-refractivity contribution in [1.29, 1.82) is 5.26 Å². The third-order valence-corrected chi connectivity index (χ3v) is 10.8. The number of imidazole rings is 1. The minimum Gasteiger partial charge on any atom is -0.366 e. The molecule has 3 heterocycles. The SMILES string of the molecule is CNC(=O)N[C@H]1CCC[C@@H]1[C@](Cn1cc(C)nc1C)(c1ccccc1)C1CCN(CC2CN(c3c(F)cc(C#N)cc3F)C2)CC1. The van der Waals surface area contributed by atoms with Crippen molar-refractivity contribution >= 4 is 11.7 Å². The lowest BCUT2D eigenvalue weighted by atomic mass is 9.58. The van der Waals surface area contributed by atoms with Gasteiger partial charge in [-0.05, 0) is 82.2 Å². The first-order chi connectivity index (χ1) is 22.2. The number of hydrogen-bond acceptors (Lipinski definition) is 5. The Balaban J connectivity index is 1.22. The molecule has 3 aliphatic rings. The van der Waals surface area contributed by atoms with Gasteiger partial charge < -0.3 is 25.0 Å². The van der Waals surface area contributed by atoms with Gasteiger partial charge in [-0.2, -0.15) is 5.26 Å². The summed E-state index contributed by atoms with van der Waals surface area (Å²) in [5.74, 6) is 0.652. The predicted molar refractivity (Wildman–Crippen MR) is 174 cm³/mol. The van der Waals surface area contributed by atoms with Crippen LogP contribution in [0.4, 0.5) is 19.3 Å². The maximum absolute atomic E-state index is 14.6. The third-order valence-electron chi connectivity index (χ3n) is 10.8. The number of carbonyl (C=O) groups excluding carboxylic acids is 1. The number of aromatic nitrogens is 2. The van der Waals surface area contributed by atoms with E-state index in [1.165, 1.54) is 5.56 Å². The molecule has 2 aliphatic heterocycles. The highest BCUT2D eigenvalue weighted by Crippen LogP contribution is 2.51. The Bertz CT molecular complexity index is 1550. The number of aryl methyl sites for hydroxylation is 2. The number of benzene rings is 2. The van der Waals surface area contributed by atoms with Crippen molar-refractivity contribution in [3.05, 3.63) is 82.9 Å². The molecule has 2 aromatic carbocycles. The second-order valence-corrected chi connectivity index (χ2v) is 13.6. The van der Waals surface area contributed by atoms with Crippen LogP contribution in [0.15, 0.2) is 48.7 Å². The van der Waals surface area contributed by atoms with Crippen LogP contribution in [0.5, 0.6) is 0 Å². The lowest BCUT2D eigenvalue weighted by Crippen LogP contribution is -2.57. The fourth-order valence-electron chi connectivity index (χ4n) is 8.73. The lowest BCUT2D eigenvalue weighted by Gasteiger charge is -2.51. The van der Waals surface area contributed by atoms with E-state index in [2.05, 4.69) is 63.6 Å². The first-order valence-electron chi connectivity index (χ1n) is 16.6. The molecular weight excluding hydrogens is 584 g/mol. The largest absolute Gasteiger partial charge is 0.366 e. The Labute approximate surface area is 270 Å². The number of carbonyl (C=O) groups is 1. The molecule has 6 rings (SSSR count). The number of piperidine rings is 1. The van der Waals surface area contributed by atoms with Crippen molar-refractivity contribution in [3.63, 3.8) is 0 Å². The van der Waals surface area contributed by atoms with Crippen molar-refractivity contribution in [2.75, 3.05) is 44.7 Å². The van der Waals surface area contributed by atoms with E-state index in [1.54, 1.807) is 11.9 Å². The first kappa shape index (κ1) is 32.0. The highest BCUT2D eigenvalue weighted by Gasteiger charge is 2.52. The molecule has 2 saturated heterocycles. The van der Waals surface area contributed by atoms with Gasteiger partial charge in [0, 0.05) is 56.8 Å². The molecule has 1 aromatic heterocycles. The number of nitrogens with zero attached hydrogens (tertiary/aromatic N) is 5. The van der Waals surface area contributed by atoms with Crippen molar-refractivity contribution in [2.24, 2.45) is 17.8 Å². The Morgan fingerprint density at radius 1 is 1.07 bits per heavy atom. The number of amides is 2. The van der Waals surface area contributed by atoms with Crippen molar-refractivity contribution in [1.82, 2.24) is 25.1 Å². The second kappa shape index (κ2) is 13.4. The van der Waals surface area contributed by atoms with Gasteiger partial charge >= 0.3 is 6.03 Å². The van der Waals surface area contributed by atoms with Gasteiger partial charge in [0.2, 0.25) is 0 Å². The summed E-state index contributed by atoms with van der Waals surface area (Å²) in [4.78, 5) is 21.6. The van der Waals surface area contributed by atoms with Crippen LogP contribution < -0.4 is 15.5 Å². The van der Waals surface area contributed by atoms with E-state index in [0.29, 0.717) is 24.9 Å². The molecule has 1 saturated carbocycles.